The van der Waals surface area contributed by atoms with E-state index in [1.807, 2.05) is 19.1 Å². The van der Waals surface area contributed by atoms with Crippen molar-refractivity contribution in [1.29, 1.82) is 0 Å². The molecule has 1 aromatic heterocycles. The zero-order chi connectivity index (χ0) is 13.1. The van der Waals surface area contributed by atoms with Crippen LogP contribution in [-0.2, 0) is 0 Å². The molecule has 4 nitrogen and oxygen atoms in total. The lowest BCUT2D eigenvalue weighted by atomic mass is 10.1. The lowest BCUT2D eigenvalue weighted by molar-refractivity contribution is 0.102. The number of pyridine rings is 1. The summed E-state index contributed by atoms with van der Waals surface area (Å²) in [6.07, 6.45) is 1.58. The minimum Gasteiger partial charge on any atom is -0.396 e. The third-order valence-electron chi connectivity index (χ3n) is 2.50. The lowest BCUT2D eigenvalue weighted by Crippen LogP contribution is -2.15. The third kappa shape index (κ3) is 2.68. The van der Waals surface area contributed by atoms with Gasteiger partial charge in [-0.05, 0) is 42.8 Å². The van der Waals surface area contributed by atoms with E-state index in [0.717, 1.165) is 10.0 Å². The molecule has 1 heterocycles. The Hall–Kier alpha value is -1.88. The third-order valence-corrected chi connectivity index (χ3v) is 3.00. The molecule has 0 aliphatic carbocycles. The first-order chi connectivity index (χ1) is 8.58. The Bertz CT molecular complexity index is 599. The van der Waals surface area contributed by atoms with Crippen LogP contribution < -0.4 is 11.1 Å². The van der Waals surface area contributed by atoms with E-state index in [9.17, 15) is 4.79 Å². The predicted molar refractivity (Wildman–Crippen MR) is 75.5 cm³/mol. The fourth-order valence-electron chi connectivity index (χ4n) is 1.58. The molecule has 0 bridgehead atoms. The van der Waals surface area contributed by atoms with Gasteiger partial charge >= 0.3 is 0 Å². The molecule has 0 aliphatic heterocycles. The topological polar surface area (TPSA) is 68.0 Å². The van der Waals surface area contributed by atoms with Crippen molar-refractivity contribution in [1.82, 2.24) is 4.98 Å². The number of nitrogen functional groups attached to an aromatic ring is 1. The number of anilines is 2. The molecule has 0 fully saturated rings. The van der Waals surface area contributed by atoms with Crippen LogP contribution in [0.25, 0.3) is 0 Å². The Morgan fingerprint density at radius 2 is 2.17 bits per heavy atom. The first kappa shape index (κ1) is 12.6. The molecule has 0 saturated heterocycles. The zero-order valence-electron chi connectivity index (χ0n) is 9.77. The normalized spacial score (nSPS) is 10.1. The lowest BCUT2D eigenvalue weighted by Gasteiger charge is -2.08. The second kappa shape index (κ2) is 5.18. The van der Waals surface area contributed by atoms with Gasteiger partial charge < -0.3 is 11.1 Å². The number of nitrogens with one attached hydrogen (secondary N) is 1. The summed E-state index contributed by atoms with van der Waals surface area (Å²) in [6.45, 7) is 1.88. The second-order valence-electron chi connectivity index (χ2n) is 3.85. The van der Waals surface area contributed by atoms with E-state index in [2.05, 4.69) is 26.2 Å². The summed E-state index contributed by atoms with van der Waals surface area (Å²) in [5, 5.41) is 2.70. The minimum absolute atomic E-state index is 0.217. The highest BCUT2D eigenvalue weighted by atomic mass is 79.9. The van der Waals surface area contributed by atoms with Crippen LogP contribution >= 0.6 is 15.9 Å². The summed E-state index contributed by atoms with van der Waals surface area (Å²) < 4.78 is 0.939. The number of aryl methyl sites for hydroxylation is 1. The van der Waals surface area contributed by atoms with Crippen LogP contribution in [0.5, 0.6) is 0 Å². The molecule has 92 valence electrons. The van der Waals surface area contributed by atoms with Crippen molar-refractivity contribution >= 4 is 33.3 Å². The molecule has 0 unspecified atom stereocenters. The summed E-state index contributed by atoms with van der Waals surface area (Å²) in [7, 11) is 0. The van der Waals surface area contributed by atoms with Crippen LogP contribution in [0.15, 0.2) is 41.0 Å². The SMILES string of the molecule is Cc1cc(Br)ccc1C(=O)Nc1ncccc1N. The van der Waals surface area contributed by atoms with Crippen LogP contribution in [0.4, 0.5) is 11.5 Å². The van der Waals surface area contributed by atoms with Gasteiger partial charge in [-0.3, -0.25) is 4.79 Å². The van der Waals surface area contributed by atoms with Crippen LogP contribution in [0.2, 0.25) is 0 Å². The second-order valence-corrected chi connectivity index (χ2v) is 4.77. The van der Waals surface area contributed by atoms with Crippen LogP contribution in [0, 0.1) is 6.92 Å². The van der Waals surface area contributed by atoms with Gasteiger partial charge in [0.05, 0.1) is 5.69 Å². The number of amides is 1. The van der Waals surface area contributed by atoms with E-state index in [1.165, 1.54) is 0 Å². The van der Waals surface area contributed by atoms with Crippen LogP contribution in [-0.4, -0.2) is 10.9 Å². The summed E-state index contributed by atoms with van der Waals surface area (Å²) in [5.74, 6) is 0.162. The quantitative estimate of drug-likeness (QED) is 0.896. The van der Waals surface area contributed by atoms with Gasteiger partial charge in [-0.25, -0.2) is 4.98 Å². The maximum absolute atomic E-state index is 12.1. The van der Waals surface area contributed by atoms with E-state index in [1.54, 1.807) is 24.4 Å². The summed E-state index contributed by atoms with van der Waals surface area (Å²) in [5.41, 5.74) is 7.66. The Balaban J connectivity index is 2.25. The van der Waals surface area contributed by atoms with Gasteiger partial charge in [0, 0.05) is 16.2 Å². The average Bonchev–Trinajstić information content (AvgIpc) is 2.32. The molecule has 1 amide bonds. The minimum atomic E-state index is -0.217. The van der Waals surface area contributed by atoms with E-state index in [-0.39, 0.29) is 5.91 Å². The molecule has 5 heteroatoms. The first-order valence-electron chi connectivity index (χ1n) is 5.36. The Labute approximate surface area is 113 Å². The van der Waals surface area contributed by atoms with Gasteiger partial charge in [0.25, 0.3) is 5.91 Å². The summed E-state index contributed by atoms with van der Waals surface area (Å²) >= 11 is 3.36. The van der Waals surface area contributed by atoms with Gasteiger partial charge in [0.1, 0.15) is 0 Å². The summed E-state index contributed by atoms with van der Waals surface area (Å²) in [6, 6.07) is 8.88. The molecule has 2 aromatic rings. The highest BCUT2D eigenvalue weighted by molar-refractivity contribution is 9.10. The molecular weight excluding hydrogens is 294 g/mol. The van der Waals surface area contributed by atoms with Crippen molar-refractivity contribution in [3.63, 3.8) is 0 Å². The average molecular weight is 306 g/mol. The molecule has 0 atom stereocenters. The van der Waals surface area contributed by atoms with E-state index < -0.39 is 0 Å². The van der Waals surface area contributed by atoms with Crippen molar-refractivity contribution in [3.8, 4) is 0 Å². The predicted octanol–water partition coefficient (Wildman–Crippen LogP) is 2.99. The number of hydrogen-bond acceptors (Lipinski definition) is 3. The fourth-order valence-corrected chi connectivity index (χ4v) is 2.05. The van der Waals surface area contributed by atoms with E-state index >= 15 is 0 Å². The largest absolute Gasteiger partial charge is 0.396 e. The number of carbonyl (C=O) groups is 1. The van der Waals surface area contributed by atoms with Gasteiger partial charge in [0.15, 0.2) is 5.82 Å². The van der Waals surface area contributed by atoms with Gasteiger partial charge in [-0.1, -0.05) is 15.9 Å². The van der Waals surface area contributed by atoms with E-state index in [4.69, 9.17) is 5.73 Å². The van der Waals surface area contributed by atoms with Crippen molar-refractivity contribution in [2.75, 3.05) is 11.1 Å². The molecule has 18 heavy (non-hydrogen) atoms. The Morgan fingerprint density at radius 1 is 1.39 bits per heavy atom. The summed E-state index contributed by atoms with van der Waals surface area (Å²) in [4.78, 5) is 16.1. The molecule has 0 aliphatic rings. The van der Waals surface area contributed by atoms with Crippen LogP contribution in [0.3, 0.4) is 0 Å². The number of nitrogens with two attached hydrogens (primary N) is 1. The van der Waals surface area contributed by atoms with Gasteiger partial charge in [0.2, 0.25) is 0 Å². The van der Waals surface area contributed by atoms with Crippen molar-refractivity contribution in [3.05, 3.63) is 52.1 Å². The number of hydrogen-bond donors (Lipinski definition) is 2. The monoisotopic (exact) mass is 305 g/mol. The number of rotatable bonds is 2. The maximum Gasteiger partial charge on any atom is 0.257 e. The standard InChI is InChI=1S/C13H12BrN3O/c1-8-7-9(14)4-5-10(8)13(18)17-12-11(15)3-2-6-16-12/h2-7H,15H2,1H3,(H,16,17,18). The Kier molecular flexibility index (Phi) is 3.62. The number of carbonyl (C=O) groups excluding carboxylic acids is 1. The van der Waals surface area contributed by atoms with Gasteiger partial charge in [-0.2, -0.15) is 0 Å². The smallest absolute Gasteiger partial charge is 0.257 e. The van der Waals surface area contributed by atoms with Crippen molar-refractivity contribution in [2.45, 2.75) is 6.92 Å². The van der Waals surface area contributed by atoms with Gasteiger partial charge in [-0.15, -0.1) is 0 Å². The van der Waals surface area contributed by atoms with Crippen molar-refractivity contribution in [2.24, 2.45) is 0 Å². The fraction of sp³-hybridized carbons (Fsp3) is 0.0769. The van der Waals surface area contributed by atoms with E-state index in [0.29, 0.717) is 17.1 Å². The Morgan fingerprint density at radius 3 is 2.83 bits per heavy atom. The van der Waals surface area contributed by atoms with Crippen molar-refractivity contribution < 1.29 is 4.79 Å². The first-order valence-corrected chi connectivity index (χ1v) is 6.15. The molecular formula is C13H12BrN3O. The number of nitrogens with zero attached hydrogens (tertiary/aromatic N) is 1. The molecule has 3 N–H and O–H groups in total. The highest BCUT2D eigenvalue weighted by Crippen LogP contribution is 2.18. The molecule has 0 radical (unpaired) electrons. The maximum atomic E-state index is 12.1. The number of halogens is 1. The van der Waals surface area contributed by atoms with Crippen LogP contribution in [0.1, 0.15) is 15.9 Å². The molecule has 1 aromatic carbocycles. The number of benzene rings is 1. The zero-order valence-corrected chi connectivity index (χ0v) is 11.4. The number of aromatic nitrogens is 1. The molecule has 0 saturated carbocycles. The molecule has 0 spiro atoms. The molecule has 2 rings (SSSR count). The highest BCUT2D eigenvalue weighted by Gasteiger charge is 2.11.